The maximum absolute atomic E-state index is 12.2. The van der Waals surface area contributed by atoms with E-state index >= 15 is 0 Å². The van der Waals surface area contributed by atoms with Crippen molar-refractivity contribution >= 4 is 33.4 Å². The van der Waals surface area contributed by atoms with Crippen molar-refractivity contribution in [1.82, 2.24) is 10.3 Å². The molecule has 5 heteroatoms. The Balaban J connectivity index is 1.64. The topological polar surface area (TPSA) is 42.0 Å². The number of halogens is 2. The molecule has 0 bridgehead atoms. The van der Waals surface area contributed by atoms with Gasteiger partial charge in [0.05, 0.1) is 6.42 Å². The van der Waals surface area contributed by atoms with E-state index in [1.54, 1.807) is 12.4 Å². The van der Waals surface area contributed by atoms with E-state index in [2.05, 4.69) is 32.3 Å². The normalized spacial score (nSPS) is 15.3. The zero-order chi connectivity index (χ0) is 16.4. The Hall–Kier alpha value is -1.39. The Morgan fingerprint density at radius 3 is 2.83 bits per heavy atom. The zero-order valence-electron chi connectivity index (χ0n) is 12.9. The van der Waals surface area contributed by atoms with Crippen molar-refractivity contribution in [3.8, 4) is 0 Å². The number of hydrogen-bond donors (Lipinski definition) is 1. The van der Waals surface area contributed by atoms with Gasteiger partial charge >= 0.3 is 0 Å². The molecule has 1 aromatic heterocycles. The highest BCUT2D eigenvalue weighted by atomic mass is 79.9. The highest BCUT2D eigenvalue weighted by molar-refractivity contribution is 9.10. The zero-order valence-corrected chi connectivity index (χ0v) is 15.2. The first-order chi connectivity index (χ1) is 11.0. The fraction of sp³-hybridized carbons (Fsp3) is 0.333. The molecule has 0 radical (unpaired) electrons. The van der Waals surface area contributed by atoms with Gasteiger partial charge in [-0.3, -0.25) is 9.78 Å². The molecule has 1 heterocycles. The molecule has 1 aliphatic rings. The van der Waals surface area contributed by atoms with E-state index in [1.165, 1.54) is 0 Å². The lowest BCUT2D eigenvalue weighted by Crippen LogP contribution is -2.33. The van der Waals surface area contributed by atoms with Crippen LogP contribution in [0.15, 0.2) is 41.1 Å². The summed E-state index contributed by atoms with van der Waals surface area (Å²) >= 11 is 9.80. The Kier molecular flexibility index (Phi) is 4.74. The predicted molar refractivity (Wildman–Crippen MR) is 95.8 cm³/mol. The third-order valence-electron chi connectivity index (χ3n) is 4.48. The Morgan fingerprint density at radius 1 is 1.39 bits per heavy atom. The second kappa shape index (κ2) is 6.62. The molecule has 1 saturated carbocycles. The third kappa shape index (κ3) is 3.75. The largest absolute Gasteiger partial charge is 0.355 e. The number of carbonyl (C=O) groups is 1. The summed E-state index contributed by atoms with van der Waals surface area (Å²) in [7, 11) is 0. The van der Waals surface area contributed by atoms with Crippen LogP contribution in [0.3, 0.4) is 0 Å². The minimum absolute atomic E-state index is 0.00255. The molecule has 3 rings (SSSR count). The number of carbonyl (C=O) groups excluding carboxylic acids is 1. The number of aryl methyl sites for hydroxylation is 1. The van der Waals surface area contributed by atoms with Gasteiger partial charge in [-0.25, -0.2) is 0 Å². The smallest absolute Gasteiger partial charge is 0.224 e. The van der Waals surface area contributed by atoms with Gasteiger partial charge in [0.1, 0.15) is 0 Å². The van der Waals surface area contributed by atoms with Crippen LogP contribution in [-0.2, 0) is 16.6 Å². The molecular formula is C18H18BrClN2O. The monoisotopic (exact) mass is 392 g/mol. The maximum Gasteiger partial charge on any atom is 0.224 e. The molecule has 120 valence electrons. The van der Waals surface area contributed by atoms with Crippen molar-refractivity contribution in [1.29, 1.82) is 0 Å². The highest BCUT2D eigenvalue weighted by Gasteiger charge is 2.45. The Bertz CT molecular complexity index is 744. The van der Waals surface area contributed by atoms with E-state index in [0.717, 1.165) is 39.0 Å². The molecule has 0 aliphatic heterocycles. The quantitative estimate of drug-likeness (QED) is 0.827. The lowest BCUT2D eigenvalue weighted by molar-refractivity contribution is -0.120. The number of benzene rings is 1. The van der Waals surface area contributed by atoms with E-state index in [4.69, 9.17) is 11.6 Å². The summed E-state index contributed by atoms with van der Waals surface area (Å²) < 4.78 is 0.970. The molecule has 2 aromatic rings. The van der Waals surface area contributed by atoms with Gasteiger partial charge in [-0.2, -0.15) is 0 Å². The van der Waals surface area contributed by atoms with Crippen LogP contribution in [0, 0.1) is 6.92 Å². The van der Waals surface area contributed by atoms with Crippen molar-refractivity contribution in [2.75, 3.05) is 6.54 Å². The standard InChI is InChI=1S/C18H18BrClN2O/c1-12-4-7-21-10-13(12)8-17(23)22-11-18(5-6-18)15-3-2-14(19)9-16(15)20/h2-4,7,9-10H,5-6,8,11H2,1H3,(H,22,23). The van der Waals surface area contributed by atoms with E-state index in [-0.39, 0.29) is 11.3 Å². The van der Waals surface area contributed by atoms with Crippen LogP contribution in [0.25, 0.3) is 0 Å². The summed E-state index contributed by atoms with van der Waals surface area (Å²) in [6.07, 6.45) is 5.98. The molecule has 0 unspecified atom stereocenters. The SMILES string of the molecule is Cc1ccncc1CC(=O)NCC1(c2ccc(Br)cc2Cl)CC1. The fourth-order valence-electron chi connectivity index (χ4n) is 2.80. The van der Waals surface area contributed by atoms with Gasteiger partial charge in [0.15, 0.2) is 0 Å². The van der Waals surface area contributed by atoms with Crippen molar-refractivity contribution in [2.45, 2.75) is 31.6 Å². The second-order valence-electron chi connectivity index (χ2n) is 6.16. The van der Waals surface area contributed by atoms with Crippen molar-refractivity contribution in [3.63, 3.8) is 0 Å². The average Bonchev–Trinajstić information content (AvgIpc) is 3.28. The molecule has 3 nitrogen and oxygen atoms in total. The van der Waals surface area contributed by atoms with Crippen LogP contribution in [0.5, 0.6) is 0 Å². The predicted octanol–water partition coefficient (Wildman–Crippen LogP) is 4.20. The van der Waals surface area contributed by atoms with Gasteiger partial charge < -0.3 is 5.32 Å². The van der Waals surface area contributed by atoms with Gasteiger partial charge in [-0.1, -0.05) is 33.6 Å². The van der Waals surface area contributed by atoms with Crippen LogP contribution in [0.4, 0.5) is 0 Å². The number of amides is 1. The number of nitrogens with one attached hydrogen (secondary N) is 1. The van der Waals surface area contributed by atoms with Gasteiger partial charge in [-0.05, 0) is 54.7 Å². The minimum Gasteiger partial charge on any atom is -0.355 e. The molecular weight excluding hydrogens is 376 g/mol. The first-order valence-corrected chi connectivity index (χ1v) is 8.79. The number of nitrogens with zero attached hydrogens (tertiary/aromatic N) is 1. The molecule has 1 fully saturated rings. The van der Waals surface area contributed by atoms with Gasteiger partial charge in [0, 0.05) is 33.8 Å². The first-order valence-electron chi connectivity index (χ1n) is 7.62. The van der Waals surface area contributed by atoms with Gasteiger partial charge in [-0.15, -0.1) is 0 Å². The summed E-state index contributed by atoms with van der Waals surface area (Å²) in [5.41, 5.74) is 3.18. The summed E-state index contributed by atoms with van der Waals surface area (Å²) in [5, 5.41) is 3.82. The Morgan fingerprint density at radius 2 is 2.17 bits per heavy atom. The maximum atomic E-state index is 12.2. The molecule has 0 spiro atoms. The fourth-order valence-corrected chi connectivity index (χ4v) is 3.67. The van der Waals surface area contributed by atoms with Crippen LogP contribution in [0.1, 0.15) is 29.5 Å². The van der Waals surface area contributed by atoms with E-state index in [1.807, 2.05) is 25.1 Å². The number of aromatic nitrogens is 1. The molecule has 1 N–H and O–H groups in total. The van der Waals surface area contributed by atoms with Crippen molar-refractivity contribution < 1.29 is 4.79 Å². The van der Waals surface area contributed by atoms with Crippen molar-refractivity contribution in [3.05, 3.63) is 62.8 Å². The number of hydrogen-bond acceptors (Lipinski definition) is 2. The highest BCUT2D eigenvalue weighted by Crippen LogP contribution is 2.50. The summed E-state index contributed by atoms with van der Waals surface area (Å²) in [4.78, 5) is 16.3. The molecule has 0 atom stereocenters. The van der Waals surface area contributed by atoms with Crippen LogP contribution in [-0.4, -0.2) is 17.4 Å². The average molecular weight is 394 g/mol. The van der Waals surface area contributed by atoms with E-state index in [0.29, 0.717) is 13.0 Å². The first kappa shape index (κ1) is 16.5. The molecule has 23 heavy (non-hydrogen) atoms. The van der Waals surface area contributed by atoms with E-state index in [9.17, 15) is 4.79 Å². The number of rotatable bonds is 5. The van der Waals surface area contributed by atoms with Crippen LogP contribution in [0.2, 0.25) is 5.02 Å². The second-order valence-corrected chi connectivity index (χ2v) is 7.48. The third-order valence-corrected chi connectivity index (χ3v) is 5.28. The number of pyridine rings is 1. The molecule has 1 aromatic carbocycles. The lowest BCUT2D eigenvalue weighted by atomic mass is 9.95. The molecule has 1 amide bonds. The molecule has 1 aliphatic carbocycles. The summed E-state index contributed by atoms with van der Waals surface area (Å²) in [5.74, 6) is 0.0283. The lowest BCUT2D eigenvalue weighted by Gasteiger charge is -2.18. The molecule has 0 saturated heterocycles. The van der Waals surface area contributed by atoms with Gasteiger partial charge in [0.25, 0.3) is 0 Å². The minimum atomic E-state index is -0.00255. The van der Waals surface area contributed by atoms with Crippen LogP contribution >= 0.6 is 27.5 Å². The van der Waals surface area contributed by atoms with Crippen LogP contribution < -0.4 is 5.32 Å². The van der Waals surface area contributed by atoms with Gasteiger partial charge in [0.2, 0.25) is 5.91 Å². The van der Waals surface area contributed by atoms with Crippen molar-refractivity contribution in [2.24, 2.45) is 0 Å². The summed E-state index contributed by atoms with van der Waals surface area (Å²) in [6.45, 7) is 2.63. The van der Waals surface area contributed by atoms with E-state index < -0.39 is 0 Å². The Labute approximate surface area is 149 Å². The summed E-state index contributed by atoms with van der Waals surface area (Å²) in [6, 6.07) is 7.89.